The number of nitrogens with zero attached hydrogens (tertiary/aromatic N) is 4. The average molecular weight is 1110 g/mol. The van der Waals surface area contributed by atoms with Gasteiger partial charge in [0.05, 0.1) is 48.8 Å². The highest BCUT2D eigenvalue weighted by molar-refractivity contribution is 9.09. The number of nitro groups is 2. The summed E-state index contributed by atoms with van der Waals surface area (Å²) in [5.41, 5.74) is 13.4. The van der Waals surface area contributed by atoms with Crippen LogP contribution in [0.5, 0.6) is 0 Å². The minimum atomic E-state index is -0.773. The standard InChI is InChI=1S/C15H19BrN2O5.C15H13N3O2S2.C5H5NS2.C2H3N.2CH4.BrH.S2.H2S/c1-15(2,3)23-14(20)17-12(13(19)9-16)8-10-4-6-11(7-5-10)18(21)22;16-12(8-10-3-5-11(6-4-10)18(19)20)13-9-22-15(17-13)14-2-1-7-21-14;6-5(7)4-2-1-3-8-4;1-2-3;;;;1-2;/h4-7,12H,8-9H2,1-3H3,(H,17,20);1-7,9,12H,8,16H2;1-3H,(H2,6,7);1H3;2*1H4;1H;;1H2/t2*12-;;;;;;;/m00......./s1. The Hall–Kier alpha value is -3.70. The molecule has 340 valence electrons. The van der Waals surface area contributed by atoms with Gasteiger partial charge in [0.25, 0.3) is 11.4 Å². The number of Topliss-reactive ketones (excluding diaryl/α,β-unsaturated/α-hetero) is 1. The molecular formula is C39H51Br2N7O7S7. The molecule has 14 nitrogen and oxygen atoms in total. The second kappa shape index (κ2) is 34.7. The second-order valence-electron chi connectivity index (χ2n) is 12.3. The molecule has 5 rings (SSSR count). The van der Waals surface area contributed by atoms with Gasteiger partial charge >= 0.3 is 6.09 Å². The number of thiocarbonyl (C=S) groups is 1. The Bertz CT molecular complexity index is 2080. The van der Waals surface area contributed by atoms with Crippen LogP contribution in [0.2, 0.25) is 0 Å². The zero-order valence-corrected chi connectivity index (χ0v) is 41.7. The number of ether oxygens (including phenoxy) is 1. The molecule has 0 radical (unpaired) electrons. The predicted octanol–water partition coefficient (Wildman–Crippen LogP) is 10.9. The smallest absolute Gasteiger partial charge is 0.408 e. The number of nitro benzene ring substituents is 2. The molecule has 2 atom stereocenters. The monoisotopic (exact) mass is 1110 g/mol. The minimum absolute atomic E-state index is 0. The summed E-state index contributed by atoms with van der Waals surface area (Å²) in [6.07, 6.45) is 0.145. The van der Waals surface area contributed by atoms with Crippen molar-refractivity contribution in [1.29, 1.82) is 5.26 Å². The molecule has 3 heterocycles. The van der Waals surface area contributed by atoms with Crippen molar-refractivity contribution in [2.24, 2.45) is 11.5 Å². The maximum absolute atomic E-state index is 12.0. The van der Waals surface area contributed by atoms with E-state index in [2.05, 4.69) is 48.6 Å². The summed E-state index contributed by atoms with van der Waals surface area (Å²) in [7, 11) is 0. The van der Waals surface area contributed by atoms with E-state index in [-0.39, 0.29) is 80.3 Å². The number of hydrogen-bond donors (Lipinski definition) is 3. The summed E-state index contributed by atoms with van der Waals surface area (Å²) < 4.78 is 5.14. The lowest BCUT2D eigenvalue weighted by Gasteiger charge is -2.23. The van der Waals surface area contributed by atoms with Crippen LogP contribution in [0, 0.1) is 31.6 Å². The Morgan fingerprint density at radius 2 is 1.39 bits per heavy atom. The van der Waals surface area contributed by atoms with E-state index < -0.39 is 27.6 Å². The summed E-state index contributed by atoms with van der Waals surface area (Å²) in [4.78, 5) is 51.4. The molecule has 0 saturated carbocycles. The van der Waals surface area contributed by atoms with E-state index in [1.54, 1.807) is 85.1 Å². The zero-order valence-electron chi connectivity index (χ0n) is 32.5. The summed E-state index contributed by atoms with van der Waals surface area (Å²) >= 11 is 19.9. The Morgan fingerprint density at radius 1 is 0.919 bits per heavy atom. The topological polar surface area (TPSA) is 230 Å². The number of benzene rings is 2. The molecule has 2 aromatic carbocycles. The molecular weight excluding hydrogens is 1060 g/mol. The highest BCUT2D eigenvalue weighted by Crippen LogP contribution is 2.30. The molecule has 0 fully saturated rings. The fraction of sp³-hybridized carbons (Fsp3) is 0.308. The number of carbonyl (C=O) groups is 2. The molecule has 3 aromatic heterocycles. The van der Waals surface area contributed by atoms with E-state index >= 15 is 0 Å². The fourth-order valence-corrected chi connectivity index (χ4v) is 7.16. The maximum Gasteiger partial charge on any atom is 0.408 e. The quantitative estimate of drug-likeness (QED) is 0.0457. The molecule has 0 aliphatic rings. The highest BCUT2D eigenvalue weighted by Gasteiger charge is 2.24. The number of thiazole rings is 1. The first-order valence-electron chi connectivity index (χ1n) is 16.6. The van der Waals surface area contributed by atoms with Gasteiger partial charge in [-0.1, -0.05) is 79.4 Å². The molecule has 1 amide bonds. The van der Waals surface area contributed by atoms with Crippen LogP contribution in [0.3, 0.4) is 0 Å². The first-order chi connectivity index (χ1) is 27.5. The van der Waals surface area contributed by atoms with E-state index in [4.69, 9.17) is 33.7 Å². The average Bonchev–Trinajstić information content (AvgIpc) is 4.00. The largest absolute Gasteiger partial charge is 0.444 e. The number of non-ortho nitro benzene ring substituents is 2. The van der Waals surface area contributed by atoms with Gasteiger partial charge in [-0.05, 0) is 67.6 Å². The molecule has 0 saturated heterocycles. The number of nitriles is 1. The van der Waals surface area contributed by atoms with Gasteiger partial charge in [-0.15, -0.1) is 51.0 Å². The lowest BCUT2D eigenvalue weighted by molar-refractivity contribution is -0.385. The third-order valence-electron chi connectivity index (χ3n) is 6.80. The lowest BCUT2D eigenvalue weighted by Crippen LogP contribution is -2.45. The molecule has 0 spiro atoms. The van der Waals surface area contributed by atoms with E-state index in [9.17, 15) is 29.8 Å². The van der Waals surface area contributed by atoms with Crippen LogP contribution in [0.25, 0.3) is 9.88 Å². The predicted molar refractivity (Wildman–Crippen MR) is 278 cm³/mol. The van der Waals surface area contributed by atoms with Crippen LogP contribution >= 0.6 is 92.6 Å². The molecule has 0 aliphatic heterocycles. The van der Waals surface area contributed by atoms with Crippen molar-refractivity contribution in [1.82, 2.24) is 10.3 Å². The molecule has 0 aliphatic carbocycles. The van der Waals surface area contributed by atoms with Crippen LogP contribution in [0.15, 0.2) is 88.9 Å². The van der Waals surface area contributed by atoms with Gasteiger partial charge in [0.15, 0.2) is 5.78 Å². The third kappa shape index (κ3) is 25.4. The molecule has 62 heavy (non-hydrogen) atoms. The molecule has 23 heteroatoms. The van der Waals surface area contributed by atoms with Crippen LogP contribution in [0.1, 0.15) is 70.3 Å². The number of hydrogen-bond acceptors (Lipinski definition) is 16. The number of nitrogens with two attached hydrogens (primary N) is 2. The Balaban J connectivity index is -0.000000403. The minimum Gasteiger partial charge on any atom is -0.444 e. The third-order valence-corrected chi connectivity index (χ3v) is 10.5. The van der Waals surface area contributed by atoms with Gasteiger partial charge in [0.2, 0.25) is 0 Å². The van der Waals surface area contributed by atoms with E-state index in [0.29, 0.717) is 17.0 Å². The van der Waals surface area contributed by atoms with Crippen LogP contribution in [-0.2, 0) is 44.7 Å². The van der Waals surface area contributed by atoms with Gasteiger partial charge in [-0.3, -0.25) is 25.0 Å². The van der Waals surface area contributed by atoms with Crippen LogP contribution in [-0.4, -0.2) is 48.7 Å². The Kier molecular flexibility index (Phi) is 36.4. The van der Waals surface area contributed by atoms with Gasteiger partial charge < -0.3 is 21.5 Å². The van der Waals surface area contributed by atoms with Gasteiger partial charge in [-0.2, -0.15) is 18.8 Å². The second-order valence-corrected chi connectivity index (χ2v) is 16.0. The normalized spacial score (nSPS) is 10.3. The first kappa shape index (κ1) is 64.9. The summed E-state index contributed by atoms with van der Waals surface area (Å²) in [6.45, 7) is 6.61. The first-order valence-corrected chi connectivity index (χ1v) is 22.1. The summed E-state index contributed by atoms with van der Waals surface area (Å²) in [6, 6.07) is 21.0. The number of thiophene rings is 2. The molecule has 0 unspecified atom stereocenters. The van der Waals surface area contributed by atoms with Crippen molar-refractivity contribution in [2.75, 3.05) is 5.33 Å². The fourth-order valence-electron chi connectivity index (χ4n) is 4.28. The van der Waals surface area contributed by atoms with Crippen LogP contribution in [0.4, 0.5) is 16.2 Å². The number of halogens is 2. The van der Waals surface area contributed by atoms with E-state index in [0.717, 1.165) is 26.0 Å². The molecule has 5 aromatic rings. The van der Waals surface area contributed by atoms with Crippen LogP contribution < -0.4 is 16.8 Å². The van der Waals surface area contributed by atoms with Gasteiger partial charge in [0.1, 0.15) is 15.6 Å². The number of aromatic nitrogens is 1. The summed E-state index contributed by atoms with van der Waals surface area (Å²) in [5, 5.41) is 38.1. The van der Waals surface area contributed by atoms with Gasteiger partial charge in [-0.25, -0.2) is 9.78 Å². The van der Waals surface area contributed by atoms with E-state index in [1.807, 2.05) is 40.4 Å². The molecule has 0 bridgehead atoms. The maximum atomic E-state index is 12.0. The number of alkyl carbamates (subject to hydrolysis) is 1. The number of carbonyl (C=O) groups excluding carboxylic acids is 2. The van der Waals surface area contributed by atoms with Crippen molar-refractivity contribution in [3.8, 4) is 16.0 Å². The molecule has 5 N–H and O–H groups in total. The Morgan fingerprint density at radius 3 is 1.76 bits per heavy atom. The highest BCUT2D eigenvalue weighted by atomic mass is 79.9. The number of nitrogens with one attached hydrogen (secondary N) is 1. The van der Waals surface area contributed by atoms with E-state index in [1.165, 1.54) is 31.2 Å². The lowest BCUT2D eigenvalue weighted by atomic mass is 10.0. The summed E-state index contributed by atoms with van der Waals surface area (Å²) in [5.74, 6) is -0.214. The van der Waals surface area contributed by atoms with Crippen molar-refractivity contribution < 1.29 is 24.2 Å². The number of alkyl halides is 1. The van der Waals surface area contributed by atoms with Crippen molar-refractivity contribution in [3.05, 3.63) is 131 Å². The Labute approximate surface area is 416 Å². The zero-order chi connectivity index (χ0) is 43.8. The van der Waals surface area contributed by atoms with Gasteiger partial charge in [0, 0.05) is 58.9 Å². The van der Waals surface area contributed by atoms with Crippen molar-refractivity contribution in [3.63, 3.8) is 0 Å². The van der Waals surface area contributed by atoms with Crippen molar-refractivity contribution >= 4 is 143 Å². The SMILES string of the molecule is Br.C.C.CC#N.CC(C)(C)OC(=O)N[C@@H](Cc1ccc([N+](=O)[O-])cc1)C(=O)CBr.NC(=S)c1cccs1.N[C@@H](Cc1ccc([N+](=O)[O-])cc1)c1csc(-c2cccs2)n1.S.S=S. The number of rotatable bonds is 12. The van der Waals surface area contributed by atoms with Crippen molar-refractivity contribution in [2.45, 2.75) is 73.1 Å². The number of ketones is 1. The number of amides is 1.